The molecule has 84 valence electrons. The largest absolute Gasteiger partial charge is 0.388 e. The molecule has 0 aliphatic heterocycles. The zero-order valence-electron chi connectivity index (χ0n) is 8.95. The molecule has 1 atom stereocenters. The Morgan fingerprint density at radius 1 is 1.40 bits per heavy atom. The Bertz CT molecular complexity index is 315. The van der Waals surface area contributed by atoms with E-state index in [9.17, 15) is 5.11 Å². The van der Waals surface area contributed by atoms with Crippen LogP contribution in [0.2, 0.25) is 0 Å². The van der Waals surface area contributed by atoms with E-state index in [2.05, 4.69) is 28.2 Å². The van der Waals surface area contributed by atoms with Crippen molar-refractivity contribution < 1.29 is 5.11 Å². The predicted octanol–water partition coefficient (Wildman–Crippen LogP) is 4.37. The van der Waals surface area contributed by atoms with E-state index >= 15 is 0 Å². The van der Waals surface area contributed by atoms with Gasteiger partial charge in [0.25, 0.3) is 0 Å². The average molecular weight is 289 g/mol. The minimum absolute atomic E-state index is 0.250. The maximum atomic E-state index is 10.2. The van der Waals surface area contributed by atoms with Crippen LogP contribution in [0.25, 0.3) is 0 Å². The van der Waals surface area contributed by atoms with Crippen molar-refractivity contribution in [2.75, 3.05) is 0 Å². The van der Waals surface area contributed by atoms with Gasteiger partial charge in [-0.1, -0.05) is 19.8 Å². The summed E-state index contributed by atoms with van der Waals surface area (Å²) in [5, 5.41) is 12.3. The van der Waals surface area contributed by atoms with Gasteiger partial charge in [0.15, 0.2) is 0 Å². The van der Waals surface area contributed by atoms with Gasteiger partial charge in [0.05, 0.1) is 9.89 Å². The van der Waals surface area contributed by atoms with E-state index in [0.717, 1.165) is 15.3 Å². The molecule has 1 aliphatic rings. The highest BCUT2D eigenvalue weighted by Crippen LogP contribution is 2.38. The lowest BCUT2D eigenvalue weighted by Crippen LogP contribution is -2.18. The number of thiophene rings is 1. The monoisotopic (exact) mass is 288 g/mol. The minimum atomic E-state index is -0.250. The molecule has 2 rings (SSSR count). The van der Waals surface area contributed by atoms with Crippen LogP contribution in [0.15, 0.2) is 15.2 Å². The van der Waals surface area contributed by atoms with Crippen LogP contribution in [0, 0.1) is 11.8 Å². The lowest BCUT2D eigenvalue weighted by Gasteiger charge is -2.29. The van der Waals surface area contributed by atoms with Gasteiger partial charge in [0.1, 0.15) is 0 Å². The molecular weight excluding hydrogens is 272 g/mol. The molecule has 15 heavy (non-hydrogen) atoms. The van der Waals surface area contributed by atoms with E-state index in [1.54, 1.807) is 11.3 Å². The van der Waals surface area contributed by atoms with Crippen molar-refractivity contribution in [2.45, 2.75) is 38.7 Å². The van der Waals surface area contributed by atoms with E-state index in [-0.39, 0.29) is 6.10 Å². The van der Waals surface area contributed by atoms with Crippen LogP contribution in [0.3, 0.4) is 0 Å². The SMILES string of the molecule is CC1CCC(C(O)c2csc(Br)c2)CC1. The Labute approximate surface area is 104 Å². The summed E-state index contributed by atoms with van der Waals surface area (Å²) in [7, 11) is 0. The van der Waals surface area contributed by atoms with Crippen LogP contribution >= 0.6 is 27.3 Å². The lowest BCUT2D eigenvalue weighted by molar-refractivity contribution is 0.0759. The van der Waals surface area contributed by atoms with Crippen molar-refractivity contribution >= 4 is 27.3 Å². The van der Waals surface area contributed by atoms with Gasteiger partial charge in [0, 0.05) is 0 Å². The number of rotatable bonds is 2. The fraction of sp³-hybridized carbons (Fsp3) is 0.667. The summed E-state index contributed by atoms with van der Waals surface area (Å²) in [4.78, 5) is 0. The van der Waals surface area contributed by atoms with E-state index in [0.29, 0.717) is 5.92 Å². The molecule has 0 radical (unpaired) electrons. The molecule has 1 aliphatic carbocycles. The maximum Gasteiger partial charge on any atom is 0.0826 e. The van der Waals surface area contributed by atoms with E-state index in [4.69, 9.17) is 0 Å². The zero-order chi connectivity index (χ0) is 10.8. The van der Waals surface area contributed by atoms with Crippen molar-refractivity contribution in [1.82, 2.24) is 0 Å². The van der Waals surface area contributed by atoms with Gasteiger partial charge < -0.3 is 5.11 Å². The molecule has 0 saturated heterocycles. The number of aliphatic hydroxyl groups excluding tert-OH is 1. The van der Waals surface area contributed by atoms with Crippen LogP contribution in [0.5, 0.6) is 0 Å². The third-order valence-electron chi connectivity index (χ3n) is 3.44. The summed E-state index contributed by atoms with van der Waals surface area (Å²) in [6.07, 6.45) is 4.64. The molecule has 1 heterocycles. The molecule has 0 aromatic carbocycles. The highest BCUT2D eigenvalue weighted by molar-refractivity contribution is 9.11. The third kappa shape index (κ3) is 2.83. The van der Waals surface area contributed by atoms with Gasteiger partial charge >= 0.3 is 0 Å². The second-order valence-electron chi connectivity index (χ2n) is 4.65. The smallest absolute Gasteiger partial charge is 0.0826 e. The van der Waals surface area contributed by atoms with Crippen LogP contribution in [-0.4, -0.2) is 5.11 Å². The molecule has 3 heteroatoms. The summed E-state index contributed by atoms with van der Waals surface area (Å²) >= 11 is 5.10. The molecule has 1 aromatic heterocycles. The first-order valence-corrected chi connectivity index (χ1v) is 7.26. The molecule has 1 N–H and O–H groups in total. The summed E-state index contributed by atoms with van der Waals surface area (Å²) in [6, 6.07) is 2.05. The maximum absolute atomic E-state index is 10.2. The van der Waals surface area contributed by atoms with Crippen LogP contribution in [0.1, 0.15) is 44.3 Å². The summed E-state index contributed by atoms with van der Waals surface area (Å²) in [6.45, 7) is 2.31. The number of halogens is 1. The van der Waals surface area contributed by atoms with Crippen LogP contribution in [0.4, 0.5) is 0 Å². The van der Waals surface area contributed by atoms with E-state index in [1.807, 2.05) is 6.07 Å². The van der Waals surface area contributed by atoms with Gasteiger partial charge in [-0.2, -0.15) is 0 Å². The van der Waals surface area contributed by atoms with E-state index in [1.165, 1.54) is 25.7 Å². The first-order chi connectivity index (χ1) is 7.16. The van der Waals surface area contributed by atoms with Crippen molar-refractivity contribution in [3.05, 3.63) is 20.8 Å². The normalized spacial score (nSPS) is 29.0. The molecule has 1 aromatic rings. The highest BCUT2D eigenvalue weighted by Gasteiger charge is 2.26. The molecule has 1 nitrogen and oxygen atoms in total. The predicted molar refractivity (Wildman–Crippen MR) is 68.1 cm³/mol. The van der Waals surface area contributed by atoms with Gasteiger partial charge in [0.2, 0.25) is 0 Å². The third-order valence-corrected chi connectivity index (χ3v) is 4.96. The van der Waals surface area contributed by atoms with Crippen LogP contribution in [-0.2, 0) is 0 Å². The minimum Gasteiger partial charge on any atom is -0.388 e. The molecular formula is C12H17BrOS. The Morgan fingerprint density at radius 3 is 2.60 bits per heavy atom. The Hall–Kier alpha value is 0.140. The number of hydrogen-bond acceptors (Lipinski definition) is 2. The summed E-state index contributed by atoms with van der Waals surface area (Å²) < 4.78 is 1.11. The fourth-order valence-corrected chi connectivity index (χ4v) is 3.56. The van der Waals surface area contributed by atoms with Gasteiger partial charge in [-0.15, -0.1) is 11.3 Å². The van der Waals surface area contributed by atoms with Crippen molar-refractivity contribution in [3.63, 3.8) is 0 Å². The summed E-state index contributed by atoms with van der Waals surface area (Å²) in [5.41, 5.74) is 1.09. The Balaban J connectivity index is 1.99. The Morgan fingerprint density at radius 2 is 2.07 bits per heavy atom. The van der Waals surface area contributed by atoms with Gasteiger partial charge in [-0.3, -0.25) is 0 Å². The zero-order valence-corrected chi connectivity index (χ0v) is 11.4. The molecule has 1 unspecified atom stereocenters. The topological polar surface area (TPSA) is 20.2 Å². The lowest BCUT2D eigenvalue weighted by atomic mass is 9.79. The van der Waals surface area contributed by atoms with Crippen LogP contribution < -0.4 is 0 Å². The average Bonchev–Trinajstić information content (AvgIpc) is 2.65. The van der Waals surface area contributed by atoms with Crippen molar-refractivity contribution in [1.29, 1.82) is 0 Å². The number of aliphatic hydroxyl groups is 1. The first-order valence-electron chi connectivity index (χ1n) is 5.59. The molecule has 0 amide bonds. The van der Waals surface area contributed by atoms with Gasteiger partial charge in [-0.05, 0) is 57.6 Å². The quantitative estimate of drug-likeness (QED) is 0.857. The highest BCUT2D eigenvalue weighted by atomic mass is 79.9. The standard InChI is InChI=1S/C12H17BrOS/c1-8-2-4-9(5-3-8)12(14)10-6-11(13)15-7-10/h6-9,12,14H,2-5H2,1H3. The van der Waals surface area contributed by atoms with Crippen molar-refractivity contribution in [3.8, 4) is 0 Å². The first kappa shape index (κ1) is 11.6. The van der Waals surface area contributed by atoms with E-state index < -0.39 is 0 Å². The molecule has 0 spiro atoms. The molecule has 0 bridgehead atoms. The fourth-order valence-electron chi connectivity index (χ4n) is 2.35. The van der Waals surface area contributed by atoms with Gasteiger partial charge in [-0.25, -0.2) is 0 Å². The van der Waals surface area contributed by atoms with Crippen molar-refractivity contribution in [2.24, 2.45) is 11.8 Å². The second-order valence-corrected chi connectivity index (χ2v) is 6.94. The molecule has 1 fully saturated rings. The number of hydrogen-bond donors (Lipinski definition) is 1. The second kappa shape index (κ2) is 4.98. The molecule has 1 saturated carbocycles. The Kier molecular flexibility index (Phi) is 3.86. The summed E-state index contributed by atoms with van der Waals surface area (Å²) in [5.74, 6) is 1.32.